The predicted octanol–water partition coefficient (Wildman–Crippen LogP) is 4.08. The van der Waals surface area contributed by atoms with Crippen molar-refractivity contribution in [2.75, 3.05) is 0 Å². The average Bonchev–Trinajstić information content (AvgIpc) is 2.26. The Labute approximate surface area is 91.4 Å². The number of rotatable bonds is 1. The molecule has 0 saturated carbocycles. The molecule has 0 aliphatic carbocycles. The van der Waals surface area contributed by atoms with E-state index in [1.54, 1.807) is 19.1 Å². The van der Waals surface area contributed by atoms with E-state index in [9.17, 15) is 13.2 Å². The van der Waals surface area contributed by atoms with Crippen molar-refractivity contribution in [1.82, 2.24) is 0 Å². The summed E-state index contributed by atoms with van der Waals surface area (Å²) in [5, 5.41) is 0. The van der Waals surface area contributed by atoms with Crippen molar-refractivity contribution < 1.29 is 13.2 Å². The molecule has 0 atom stereocenters. The summed E-state index contributed by atoms with van der Waals surface area (Å²) in [6.07, 6.45) is 0. The molecule has 0 aliphatic rings. The van der Waals surface area contributed by atoms with Crippen molar-refractivity contribution in [2.24, 2.45) is 0 Å². The van der Waals surface area contributed by atoms with Crippen LogP contribution >= 0.6 is 0 Å². The summed E-state index contributed by atoms with van der Waals surface area (Å²) in [5.41, 5.74) is 1.51. The Bertz CT molecular complexity index is 483. The zero-order valence-corrected chi connectivity index (χ0v) is 8.60. The maximum Gasteiger partial charge on any atom is 0.159 e. The van der Waals surface area contributed by atoms with Crippen molar-refractivity contribution >= 4 is 0 Å². The predicted molar refractivity (Wildman–Crippen MR) is 56.5 cm³/mol. The van der Waals surface area contributed by atoms with E-state index in [-0.39, 0.29) is 5.82 Å². The number of hydrogen-bond acceptors (Lipinski definition) is 0. The third-order valence-corrected chi connectivity index (χ3v) is 2.42. The van der Waals surface area contributed by atoms with Gasteiger partial charge < -0.3 is 0 Å². The molecule has 0 amide bonds. The summed E-state index contributed by atoms with van der Waals surface area (Å²) in [5.74, 6) is -2.20. The van der Waals surface area contributed by atoms with E-state index in [2.05, 4.69) is 0 Å². The first-order valence-corrected chi connectivity index (χ1v) is 4.79. The minimum absolute atomic E-state index is 0.359. The van der Waals surface area contributed by atoms with Gasteiger partial charge in [0.2, 0.25) is 0 Å². The number of benzene rings is 2. The normalized spacial score (nSPS) is 10.5. The zero-order valence-electron chi connectivity index (χ0n) is 8.60. The maximum absolute atomic E-state index is 13.3. The van der Waals surface area contributed by atoms with Crippen molar-refractivity contribution in [3.63, 3.8) is 0 Å². The van der Waals surface area contributed by atoms with Crippen LogP contribution < -0.4 is 0 Å². The van der Waals surface area contributed by atoms with E-state index in [0.717, 1.165) is 12.1 Å². The fraction of sp³-hybridized carbons (Fsp3) is 0.0769. The largest absolute Gasteiger partial charge is 0.207 e. The highest BCUT2D eigenvalue weighted by atomic mass is 19.2. The van der Waals surface area contributed by atoms with Gasteiger partial charge in [0.05, 0.1) is 0 Å². The van der Waals surface area contributed by atoms with Gasteiger partial charge >= 0.3 is 0 Å². The standard InChI is InChI=1S/C13H9F3/c1-8-2-3-9(6-12(8)15)10-4-5-11(14)13(16)7-10/h2-7H,1H3. The van der Waals surface area contributed by atoms with Crippen LogP contribution in [0, 0.1) is 24.4 Å². The highest BCUT2D eigenvalue weighted by Crippen LogP contribution is 2.23. The Kier molecular flexibility index (Phi) is 2.69. The van der Waals surface area contributed by atoms with E-state index < -0.39 is 11.6 Å². The van der Waals surface area contributed by atoms with Gasteiger partial charge in [0.25, 0.3) is 0 Å². The molecule has 0 saturated heterocycles. The van der Waals surface area contributed by atoms with Crippen LogP contribution in [0.2, 0.25) is 0 Å². The maximum atomic E-state index is 13.3. The molecule has 2 rings (SSSR count). The van der Waals surface area contributed by atoms with Gasteiger partial charge in [-0.05, 0) is 41.8 Å². The molecule has 2 aromatic carbocycles. The molecule has 0 heterocycles. The number of hydrogen-bond donors (Lipinski definition) is 0. The highest BCUT2D eigenvalue weighted by molar-refractivity contribution is 5.63. The van der Waals surface area contributed by atoms with E-state index in [1.807, 2.05) is 0 Å². The minimum Gasteiger partial charge on any atom is -0.207 e. The molecule has 0 aliphatic heterocycles. The lowest BCUT2D eigenvalue weighted by Gasteiger charge is -2.04. The smallest absolute Gasteiger partial charge is 0.159 e. The molecule has 16 heavy (non-hydrogen) atoms. The molecule has 2 aromatic rings. The second-order valence-electron chi connectivity index (χ2n) is 3.59. The molecule has 82 valence electrons. The number of aryl methyl sites for hydroxylation is 1. The SMILES string of the molecule is Cc1ccc(-c2ccc(F)c(F)c2)cc1F. The topological polar surface area (TPSA) is 0 Å². The molecular weight excluding hydrogens is 213 g/mol. The van der Waals surface area contributed by atoms with Gasteiger partial charge in [-0.1, -0.05) is 18.2 Å². The summed E-state index contributed by atoms with van der Waals surface area (Å²) in [4.78, 5) is 0. The van der Waals surface area contributed by atoms with Crippen LogP contribution in [0.3, 0.4) is 0 Å². The van der Waals surface area contributed by atoms with E-state index in [4.69, 9.17) is 0 Å². The van der Waals surface area contributed by atoms with Crippen LogP contribution in [-0.4, -0.2) is 0 Å². The third-order valence-electron chi connectivity index (χ3n) is 2.42. The summed E-state index contributed by atoms with van der Waals surface area (Å²) < 4.78 is 39.0. The highest BCUT2D eigenvalue weighted by Gasteiger charge is 2.06. The molecule has 0 aromatic heterocycles. The molecule has 0 spiro atoms. The van der Waals surface area contributed by atoms with Crippen LogP contribution in [0.5, 0.6) is 0 Å². The van der Waals surface area contributed by atoms with Gasteiger partial charge in [-0.15, -0.1) is 0 Å². The summed E-state index contributed by atoms with van der Waals surface area (Å²) in [7, 11) is 0. The second-order valence-corrected chi connectivity index (χ2v) is 3.59. The molecule has 0 fully saturated rings. The lowest BCUT2D eigenvalue weighted by atomic mass is 10.0. The minimum atomic E-state index is -0.932. The monoisotopic (exact) mass is 222 g/mol. The van der Waals surface area contributed by atoms with Gasteiger partial charge in [-0.2, -0.15) is 0 Å². The van der Waals surface area contributed by atoms with Crippen LogP contribution in [0.15, 0.2) is 36.4 Å². The van der Waals surface area contributed by atoms with E-state index >= 15 is 0 Å². The first-order chi connectivity index (χ1) is 7.58. The van der Waals surface area contributed by atoms with Crippen molar-refractivity contribution in [2.45, 2.75) is 6.92 Å². The first kappa shape index (κ1) is 10.7. The summed E-state index contributed by atoms with van der Waals surface area (Å²) in [6.45, 7) is 1.64. The average molecular weight is 222 g/mol. The Morgan fingerprint density at radius 2 is 1.25 bits per heavy atom. The van der Waals surface area contributed by atoms with E-state index in [0.29, 0.717) is 16.7 Å². The zero-order chi connectivity index (χ0) is 11.7. The Hall–Kier alpha value is -1.77. The Morgan fingerprint density at radius 1 is 0.688 bits per heavy atom. The Balaban J connectivity index is 2.50. The molecule has 0 bridgehead atoms. The fourth-order valence-corrected chi connectivity index (χ4v) is 1.45. The fourth-order valence-electron chi connectivity index (χ4n) is 1.45. The molecule has 0 nitrogen and oxygen atoms in total. The quantitative estimate of drug-likeness (QED) is 0.682. The second kappa shape index (κ2) is 4.00. The van der Waals surface area contributed by atoms with Crippen LogP contribution in [0.25, 0.3) is 11.1 Å². The summed E-state index contributed by atoms with van der Waals surface area (Å²) >= 11 is 0. The molecule has 3 heteroatoms. The van der Waals surface area contributed by atoms with Crippen LogP contribution in [0.4, 0.5) is 13.2 Å². The van der Waals surface area contributed by atoms with Crippen molar-refractivity contribution in [3.05, 3.63) is 59.4 Å². The van der Waals surface area contributed by atoms with Gasteiger partial charge in [0.15, 0.2) is 11.6 Å². The van der Waals surface area contributed by atoms with Crippen molar-refractivity contribution in [1.29, 1.82) is 0 Å². The number of halogens is 3. The van der Waals surface area contributed by atoms with Gasteiger partial charge in [0.1, 0.15) is 5.82 Å². The Morgan fingerprint density at radius 3 is 1.81 bits per heavy atom. The lowest BCUT2D eigenvalue weighted by Crippen LogP contribution is -1.87. The molecule has 0 radical (unpaired) electrons. The van der Waals surface area contributed by atoms with Crippen LogP contribution in [-0.2, 0) is 0 Å². The first-order valence-electron chi connectivity index (χ1n) is 4.79. The van der Waals surface area contributed by atoms with Gasteiger partial charge in [-0.3, -0.25) is 0 Å². The molecule has 0 N–H and O–H groups in total. The van der Waals surface area contributed by atoms with Crippen LogP contribution in [0.1, 0.15) is 5.56 Å². The summed E-state index contributed by atoms with van der Waals surface area (Å²) in [6, 6.07) is 8.09. The van der Waals surface area contributed by atoms with E-state index in [1.165, 1.54) is 12.1 Å². The van der Waals surface area contributed by atoms with Gasteiger partial charge in [-0.25, -0.2) is 13.2 Å². The van der Waals surface area contributed by atoms with Gasteiger partial charge in [0, 0.05) is 0 Å². The van der Waals surface area contributed by atoms with Crippen molar-refractivity contribution in [3.8, 4) is 11.1 Å². The lowest BCUT2D eigenvalue weighted by molar-refractivity contribution is 0.509. The molecular formula is C13H9F3. The third kappa shape index (κ3) is 1.94. The molecule has 0 unspecified atom stereocenters.